The molecule has 2 aromatic carbocycles. The third-order valence-corrected chi connectivity index (χ3v) is 3.08. The molecule has 0 unspecified atom stereocenters. The summed E-state index contributed by atoms with van der Waals surface area (Å²) in [6.45, 7) is 0. The van der Waals surface area contributed by atoms with E-state index in [9.17, 15) is 0 Å². The Kier molecular flexibility index (Phi) is 1.91. The van der Waals surface area contributed by atoms with Crippen molar-refractivity contribution in [2.75, 3.05) is 5.73 Å². The standard InChI is InChI=1S/C14H10N4O/c15-9-2-4-11-13(6-9)19-14(18-11)8-1-3-10-12(5-8)17-7-16-10/h1-7H,15H2,(H,16,17). The summed E-state index contributed by atoms with van der Waals surface area (Å²) in [4.78, 5) is 11.7. The van der Waals surface area contributed by atoms with E-state index >= 15 is 0 Å². The maximum atomic E-state index is 5.73. The smallest absolute Gasteiger partial charge is 0.227 e. The number of nitrogens with two attached hydrogens (primary N) is 1. The number of hydrogen-bond acceptors (Lipinski definition) is 4. The van der Waals surface area contributed by atoms with Gasteiger partial charge in [0.05, 0.1) is 17.4 Å². The number of aromatic nitrogens is 3. The van der Waals surface area contributed by atoms with Crippen molar-refractivity contribution >= 4 is 27.8 Å². The fraction of sp³-hybridized carbons (Fsp3) is 0. The van der Waals surface area contributed by atoms with Gasteiger partial charge in [0, 0.05) is 17.3 Å². The van der Waals surface area contributed by atoms with Crippen LogP contribution in [0.2, 0.25) is 0 Å². The number of aromatic amines is 1. The lowest BCUT2D eigenvalue weighted by Gasteiger charge is -1.94. The van der Waals surface area contributed by atoms with Crippen LogP contribution in [0.5, 0.6) is 0 Å². The number of nitrogen functional groups attached to an aromatic ring is 1. The Balaban J connectivity index is 1.92. The highest BCUT2D eigenvalue weighted by atomic mass is 16.3. The quantitative estimate of drug-likeness (QED) is 0.509. The second-order valence-electron chi connectivity index (χ2n) is 4.38. The first-order valence-corrected chi connectivity index (χ1v) is 5.89. The average Bonchev–Trinajstić information content (AvgIpc) is 3.02. The number of imidazole rings is 1. The average molecular weight is 250 g/mol. The molecule has 5 nitrogen and oxygen atoms in total. The van der Waals surface area contributed by atoms with Gasteiger partial charge in [-0.2, -0.15) is 0 Å². The molecule has 0 radical (unpaired) electrons. The highest BCUT2D eigenvalue weighted by Gasteiger charge is 2.09. The zero-order valence-corrected chi connectivity index (χ0v) is 9.92. The van der Waals surface area contributed by atoms with Gasteiger partial charge in [0.2, 0.25) is 5.89 Å². The molecule has 0 aliphatic rings. The fourth-order valence-corrected chi connectivity index (χ4v) is 2.13. The van der Waals surface area contributed by atoms with Crippen LogP contribution in [0.25, 0.3) is 33.6 Å². The summed E-state index contributed by atoms with van der Waals surface area (Å²) in [7, 11) is 0. The van der Waals surface area contributed by atoms with Crippen LogP contribution in [0.4, 0.5) is 5.69 Å². The van der Waals surface area contributed by atoms with Gasteiger partial charge >= 0.3 is 0 Å². The summed E-state index contributed by atoms with van der Waals surface area (Å²) >= 11 is 0. The third kappa shape index (κ3) is 1.55. The largest absolute Gasteiger partial charge is 0.436 e. The Hall–Kier alpha value is -2.82. The van der Waals surface area contributed by atoms with Gasteiger partial charge in [0.15, 0.2) is 5.58 Å². The van der Waals surface area contributed by atoms with Gasteiger partial charge in [-0.15, -0.1) is 0 Å². The van der Waals surface area contributed by atoms with Crippen molar-refractivity contribution in [2.24, 2.45) is 0 Å². The van der Waals surface area contributed by atoms with Crippen LogP contribution in [0.15, 0.2) is 47.1 Å². The van der Waals surface area contributed by atoms with E-state index in [4.69, 9.17) is 10.2 Å². The van der Waals surface area contributed by atoms with E-state index in [0.717, 1.165) is 22.1 Å². The first-order valence-electron chi connectivity index (χ1n) is 5.89. The summed E-state index contributed by atoms with van der Waals surface area (Å²) in [5.41, 5.74) is 10.7. The third-order valence-electron chi connectivity index (χ3n) is 3.08. The van der Waals surface area contributed by atoms with Crippen molar-refractivity contribution < 1.29 is 4.42 Å². The lowest BCUT2D eigenvalue weighted by atomic mass is 10.2. The van der Waals surface area contributed by atoms with Gasteiger partial charge in [-0.05, 0) is 30.3 Å². The normalized spacial score (nSPS) is 11.4. The molecule has 19 heavy (non-hydrogen) atoms. The summed E-state index contributed by atoms with van der Waals surface area (Å²) < 4.78 is 5.73. The maximum absolute atomic E-state index is 5.73. The first kappa shape index (κ1) is 10.1. The van der Waals surface area contributed by atoms with E-state index in [1.54, 1.807) is 12.4 Å². The molecule has 4 rings (SSSR count). The van der Waals surface area contributed by atoms with E-state index in [0.29, 0.717) is 17.2 Å². The van der Waals surface area contributed by atoms with Crippen LogP contribution in [0.1, 0.15) is 0 Å². The fourth-order valence-electron chi connectivity index (χ4n) is 2.13. The number of anilines is 1. The van der Waals surface area contributed by atoms with Gasteiger partial charge in [-0.25, -0.2) is 9.97 Å². The number of nitrogens with one attached hydrogen (secondary N) is 1. The minimum atomic E-state index is 0.581. The number of rotatable bonds is 1. The highest BCUT2D eigenvalue weighted by molar-refractivity contribution is 5.83. The molecule has 2 heterocycles. The van der Waals surface area contributed by atoms with Crippen LogP contribution in [0.3, 0.4) is 0 Å². The topological polar surface area (TPSA) is 80.7 Å². The Bertz CT molecular complexity index is 891. The van der Waals surface area contributed by atoms with Gasteiger partial charge in [0.25, 0.3) is 0 Å². The molecule has 4 aromatic rings. The second kappa shape index (κ2) is 3.58. The van der Waals surface area contributed by atoms with Gasteiger partial charge in [0.1, 0.15) is 5.52 Å². The van der Waals surface area contributed by atoms with Crippen molar-refractivity contribution in [3.05, 3.63) is 42.7 Å². The SMILES string of the molecule is Nc1ccc2nc(-c3ccc4nc[nH]c4c3)oc2c1. The molecule has 0 amide bonds. The molecule has 0 bridgehead atoms. The lowest BCUT2D eigenvalue weighted by molar-refractivity contribution is 0.620. The lowest BCUT2D eigenvalue weighted by Crippen LogP contribution is -1.81. The molecule has 92 valence electrons. The van der Waals surface area contributed by atoms with E-state index in [2.05, 4.69) is 15.0 Å². The zero-order chi connectivity index (χ0) is 12.8. The highest BCUT2D eigenvalue weighted by Crippen LogP contribution is 2.27. The van der Waals surface area contributed by atoms with E-state index in [1.165, 1.54) is 0 Å². The number of benzene rings is 2. The summed E-state index contributed by atoms with van der Waals surface area (Å²) in [6, 6.07) is 11.3. The second-order valence-corrected chi connectivity index (χ2v) is 4.38. The Morgan fingerprint density at radius 2 is 1.95 bits per heavy atom. The van der Waals surface area contributed by atoms with E-state index < -0.39 is 0 Å². The molecule has 2 aromatic heterocycles. The van der Waals surface area contributed by atoms with E-state index in [1.807, 2.05) is 30.3 Å². The minimum Gasteiger partial charge on any atom is -0.436 e. The van der Waals surface area contributed by atoms with Gasteiger partial charge in [-0.3, -0.25) is 0 Å². The predicted molar refractivity (Wildman–Crippen MR) is 73.5 cm³/mol. The maximum Gasteiger partial charge on any atom is 0.227 e. The van der Waals surface area contributed by atoms with Crippen LogP contribution in [-0.4, -0.2) is 15.0 Å². The molecule has 0 aliphatic heterocycles. The van der Waals surface area contributed by atoms with Crippen LogP contribution in [0, 0.1) is 0 Å². The molecule has 0 saturated heterocycles. The van der Waals surface area contributed by atoms with Crippen LogP contribution < -0.4 is 5.73 Å². The zero-order valence-electron chi connectivity index (χ0n) is 9.92. The van der Waals surface area contributed by atoms with Crippen molar-refractivity contribution in [3.8, 4) is 11.5 Å². The number of oxazole rings is 1. The first-order chi connectivity index (χ1) is 9.29. The van der Waals surface area contributed by atoms with Crippen LogP contribution >= 0.6 is 0 Å². The summed E-state index contributed by atoms with van der Waals surface area (Å²) in [5.74, 6) is 0.581. The minimum absolute atomic E-state index is 0.581. The monoisotopic (exact) mass is 250 g/mol. The molecule has 5 heteroatoms. The van der Waals surface area contributed by atoms with E-state index in [-0.39, 0.29) is 0 Å². The molecule has 3 N–H and O–H groups in total. The molecular formula is C14H10N4O. The van der Waals surface area contributed by atoms with Crippen molar-refractivity contribution in [1.82, 2.24) is 15.0 Å². The molecule has 0 spiro atoms. The number of H-pyrrole nitrogens is 1. The molecule has 0 atom stereocenters. The summed E-state index contributed by atoms with van der Waals surface area (Å²) in [6.07, 6.45) is 1.67. The Morgan fingerprint density at radius 1 is 1.05 bits per heavy atom. The van der Waals surface area contributed by atoms with Crippen LogP contribution in [-0.2, 0) is 0 Å². The Labute approximate surface area is 108 Å². The number of nitrogens with zero attached hydrogens (tertiary/aromatic N) is 2. The number of hydrogen-bond donors (Lipinski definition) is 2. The molecule has 0 aliphatic carbocycles. The predicted octanol–water partition coefficient (Wildman–Crippen LogP) is 2.95. The van der Waals surface area contributed by atoms with Gasteiger partial charge in [-0.1, -0.05) is 0 Å². The summed E-state index contributed by atoms with van der Waals surface area (Å²) in [5, 5.41) is 0. The van der Waals surface area contributed by atoms with Gasteiger partial charge < -0.3 is 15.1 Å². The molecule has 0 saturated carbocycles. The number of fused-ring (bicyclic) bond motifs is 2. The Morgan fingerprint density at radius 3 is 2.89 bits per heavy atom. The molecular weight excluding hydrogens is 240 g/mol. The van der Waals surface area contributed by atoms with Crippen molar-refractivity contribution in [2.45, 2.75) is 0 Å². The van der Waals surface area contributed by atoms with Crippen molar-refractivity contribution in [1.29, 1.82) is 0 Å². The molecule has 0 fully saturated rings. The van der Waals surface area contributed by atoms with Crippen molar-refractivity contribution in [3.63, 3.8) is 0 Å².